The van der Waals surface area contributed by atoms with Crippen LogP contribution >= 0.6 is 0 Å². The highest BCUT2D eigenvalue weighted by Crippen LogP contribution is 2.39. The van der Waals surface area contributed by atoms with E-state index in [1.807, 2.05) is 6.92 Å². The van der Waals surface area contributed by atoms with Gasteiger partial charge in [-0.25, -0.2) is 9.37 Å². The number of aryl methyl sites for hydroxylation is 1. The van der Waals surface area contributed by atoms with Gasteiger partial charge < -0.3 is 13.6 Å². The summed E-state index contributed by atoms with van der Waals surface area (Å²) < 4.78 is 26.7. The van der Waals surface area contributed by atoms with Gasteiger partial charge in [0, 0.05) is 18.9 Å². The van der Waals surface area contributed by atoms with Gasteiger partial charge in [-0.3, -0.25) is 0 Å². The Labute approximate surface area is 176 Å². The van der Waals surface area contributed by atoms with Crippen LogP contribution < -0.4 is 0 Å². The zero-order valence-corrected chi connectivity index (χ0v) is 20.3. The maximum absolute atomic E-state index is 15.1. The second-order valence-electron chi connectivity index (χ2n) is 9.48. The zero-order chi connectivity index (χ0) is 22.2. The summed E-state index contributed by atoms with van der Waals surface area (Å²) in [4.78, 5) is 14.9. The fourth-order valence-corrected chi connectivity index (χ4v) is 3.88. The summed E-state index contributed by atoms with van der Waals surface area (Å²) in [5.74, 6) is 0.261. The van der Waals surface area contributed by atoms with Crippen LogP contribution in [0.3, 0.4) is 0 Å². The van der Waals surface area contributed by atoms with E-state index in [0.29, 0.717) is 18.0 Å². The van der Waals surface area contributed by atoms with Gasteiger partial charge in [0.25, 0.3) is 0 Å². The van der Waals surface area contributed by atoms with E-state index in [0.717, 1.165) is 25.5 Å². The molecule has 0 bridgehead atoms. The largest absolute Gasteiger partial charge is 0.449 e. The average Bonchev–Trinajstić information content (AvgIpc) is 3.01. The molecule has 0 aliphatic heterocycles. The number of halogens is 1. The van der Waals surface area contributed by atoms with Gasteiger partial charge in [-0.1, -0.05) is 39.3 Å². The third-order valence-electron chi connectivity index (χ3n) is 5.62. The topological polar surface area (TPSA) is 52.3 Å². The Balaban J connectivity index is 2.94. The number of nitrogens with zero attached hydrogens (tertiary/aromatic N) is 1. The summed E-state index contributed by atoms with van der Waals surface area (Å²) >= 11 is 0. The molecule has 0 spiro atoms. The highest BCUT2D eigenvalue weighted by atomic mass is 28.4. The number of hydrogen-bond donors (Lipinski definition) is 0. The summed E-state index contributed by atoms with van der Waals surface area (Å²) in [6.45, 7) is 16.4. The van der Waals surface area contributed by atoms with Crippen molar-refractivity contribution in [3.05, 3.63) is 35.3 Å². The Morgan fingerprint density at radius 2 is 2.03 bits per heavy atom. The molecule has 0 aromatic carbocycles. The monoisotopic (exact) mass is 423 g/mol. The van der Waals surface area contributed by atoms with Gasteiger partial charge in [-0.15, -0.1) is 0 Å². The SMILES string of the molecule is CC(=CCC(O[Si](C)(C)C(C)(C)C)C(F)=Cc1coc(C)n1)CCCC(C)C=O. The van der Waals surface area contributed by atoms with E-state index in [2.05, 4.69) is 51.8 Å². The lowest BCUT2D eigenvalue weighted by molar-refractivity contribution is -0.110. The van der Waals surface area contributed by atoms with Crippen LogP contribution in [0.25, 0.3) is 6.08 Å². The molecule has 0 amide bonds. The molecule has 0 aliphatic carbocycles. The Bertz CT molecular complexity index is 716. The highest BCUT2D eigenvalue weighted by Gasteiger charge is 2.39. The van der Waals surface area contributed by atoms with Crippen molar-refractivity contribution in [2.45, 2.75) is 91.5 Å². The van der Waals surface area contributed by atoms with Crippen LogP contribution in [0.4, 0.5) is 4.39 Å². The number of aromatic nitrogens is 1. The molecule has 2 unspecified atom stereocenters. The molecule has 0 N–H and O–H groups in total. The predicted molar refractivity (Wildman–Crippen MR) is 120 cm³/mol. The molecule has 1 heterocycles. The van der Waals surface area contributed by atoms with Crippen LogP contribution in [-0.4, -0.2) is 25.7 Å². The first-order chi connectivity index (χ1) is 13.4. The van der Waals surface area contributed by atoms with Crippen LogP contribution in [0.5, 0.6) is 0 Å². The van der Waals surface area contributed by atoms with Gasteiger partial charge in [0.05, 0.1) is 0 Å². The Morgan fingerprint density at radius 1 is 1.38 bits per heavy atom. The van der Waals surface area contributed by atoms with Crippen molar-refractivity contribution >= 4 is 20.7 Å². The van der Waals surface area contributed by atoms with Gasteiger partial charge in [0.1, 0.15) is 30.2 Å². The first kappa shape index (κ1) is 25.5. The normalized spacial score (nSPS) is 16.0. The highest BCUT2D eigenvalue weighted by molar-refractivity contribution is 6.74. The molecule has 29 heavy (non-hydrogen) atoms. The van der Waals surface area contributed by atoms with E-state index in [-0.39, 0.29) is 16.8 Å². The third-order valence-corrected chi connectivity index (χ3v) is 10.1. The summed E-state index contributed by atoms with van der Waals surface area (Å²) in [5.41, 5.74) is 1.66. The van der Waals surface area contributed by atoms with Gasteiger partial charge in [0.2, 0.25) is 0 Å². The zero-order valence-electron chi connectivity index (χ0n) is 19.3. The summed E-state index contributed by atoms with van der Waals surface area (Å²) in [6.07, 6.45) is 8.47. The number of aldehydes is 1. The molecule has 0 radical (unpaired) electrons. The van der Waals surface area contributed by atoms with Crippen molar-refractivity contribution < 1.29 is 18.0 Å². The maximum Gasteiger partial charge on any atom is 0.193 e. The van der Waals surface area contributed by atoms with Crippen molar-refractivity contribution in [2.75, 3.05) is 0 Å². The predicted octanol–water partition coefficient (Wildman–Crippen LogP) is 7.03. The van der Waals surface area contributed by atoms with Gasteiger partial charge in [-0.05, 0) is 50.7 Å². The number of rotatable bonds is 11. The fourth-order valence-electron chi connectivity index (χ4n) is 2.61. The quantitative estimate of drug-likeness (QED) is 0.218. The van der Waals surface area contributed by atoms with Crippen LogP contribution in [0.1, 0.15) is 71.9 Å². The standard InChI is InChI=1S/C23H38FNO3Si/c1-17(10-9-11-18(2)15-26)12-13-22(28-29(7,8)23(4,5)6)21(24)14-20-16-27-19(3)25-20/h12,14-16,18,22H,9-11,13H2,1-8H3. The molecular weight excluding hydrogens is 385 g/mol. The lowest BCUT2D eigenvalue weighted by Gasteiger charge is -2.38. The Kier molecular flexibility index (Phi) is 9.69. The second-order valence-corrected chi connectivity index (χ2v) is 14.2. The molecule has 1 aromatic heterocycles. The molecule has 4 nitrogen and oxygen atoms in total. The van der Waals surface area contributed by atoms with Crippen molar-refractivity contribution in [1.82, 2.24) is 4.98 Å². The smallest absolute Gasteiger partial charge is 0.193 e. The first-order valence-corrected chi connectivity index (χ1v) is 13.3. The number of allylic oxidation sites excluding steroid dienone is 1. The number of carbonyl (C=O) groups is 1. The summed E-state index contributed by atoms with van der Waals surface area (Å²) in [7, 11) is -2.15. The van der Waals surface area contributed by atoms with Crippen molar-refractivity contribution in [3.8, 4) is 0 Å². The molecule has 2 atom stereocenters. The number of carbonyl (C=O) groups excluding carboxylic acids is 1. The summed E-state index contributed by atoms with van der Waals surface area (Å²) in [5, 5.41) is -0.0142. The van der Waals surface area contributed by atoms with E-state index >= 15 is 4.39 Å². The summed E-state index contributed by atoms with van der Waals surface area (Å²) in [6, 6.07) is 0. The molecule has 0 saturated heterocycles. The van der Waals surface area contributed by atoms with E-state index in [1.54, 1.807) is 6.92 Å². The van der Waals surface area contributed by atoms with Crippen molar-refractivity contribution in [1.29, 1.82) is 0 Å². The van der Waals surface area contributed by atoms with Crippen molar-refractivity contribution in [3.63, 3.8) is 0 Å². The molecule has 164 valence electrons. The Morgan fingerprint density at radius 3 is 2.55 bits per heavy atom. The number of oxazole rings is 1. The third kappa shape index (κ3) is 8.79. The molecular formula is C23H38FNO3Si. The fraction of sp³-hybridized carbons (Fsp3) is 0.652. The van der Waals surface area contributed by atoms with E-state index < -0.39 is 14.4 Å². The van der Waals surface area contributed by atoms with Crippen LogP contribution in [0.15, 0.2) is 28.2 Å². The van der Waals surface area contributed by atoms with E-state index in [1.165, 1.54) is 17.9 Å². The second kappa shape index (κ2) is 11.0. The lowest BCUT2D eigenvalue weighted by Crippen LogP contribution is -2.44. The van der Waals surface area contributed by atoms with Crippen LogP contribution in [0.2, 0.25) is 18.1 Å². The maximum atomic E-state index is 15.1. The number of hydrogen-bond acceptors (Lipinski definition) is 4. The van der Waals surface area contributed by atoms with Gasteiger partial charge in [0.15, 0.2) is 14.2 Å². The van der Waals surface area contributed by atoms with Gasteiger partial charge in [-0.2, -0.15) is 0 Å². The van der Waals surface area contributed by atoms with E-state index in [4.69, 9.17) is 8.84 Å². The Hall–Kier alpha value is -1.53. The molecule has 6 heteroatoms. The molecule has 0 aliphatic rings. The molecule has 1 rings (SSSR count). The lowest BCUT2D eigenvalue weighted by atomic mass is 10.0. The van der Waals surface area contributed by atoms with Crippen molar-refractivity contribution in [2.24, 2.45) is 5.92 Å². The molecule has 0 fully saturated rings. The van der Waals surface area contributed by atoms with Crippen LogP contribution in [0, 0.1) is 12.8 Å². The first-order valence-electron chi connectivity index (χ1n) is 10.4. The molecule has 0 saturated carbocycles. The average molecular weight is 424 g/mol. The van der Waals surface area contributed by atoms with E-state index in [9.17, 15) is 4.79 Å². The van der Waals surface area contributed by atoms with Gasteiger partial charge >= 0.3 is 0 Å². The minimum Gasteiger partial charge on any atom is -0.449 e. The minimum absolute atomic E-state index is 0.0142. The molecule has 1 aromatic rings. The minimum atomic E-state index is -2.15. The van der Waals surface area contributed by atoms with Crippen LogP contribution in [-0.2, 0) is 9.22 Å².